The van der Waals surface area contributed by atoms with E-state index in [4.69, 9.17) is 17.5 Å². The highest BCUT2D eigenvalue weighted by atomic mass is 32.3. The van der Waals surface area contributed by atoms with Crippen LogP contribution in [0.4, 0.5) is 0 Å². The Morgan fingerprint density at radius 2 is 1.32 bits per heavy atom. The Balaban J connectivity index is 0.000000739. The van der Waals surface area contributed by atoms with Crippen LogP contribution in [0, 0.1) is 0 Å². The van der Waals surface area contributed by atoms with E-state index in [-0.39, 0.29) is 28.7 Å². The number of benzene rings is 2. The molecule has 5 N–H and O–H groups in total. The van der Waals surface area contributed by atoms with Gasteiger partial charge in [-0.1, -0.05) is 24.3 Å². The Labute approximate surface area is 194 Å². The number of phenols is 4. The van der Waals surface area contributed by atoms with Crippen LogP contribution in [0.15, 0.2) is 47.3 Å². The van der Waals surface area contributed by atoms with E-state index in [1.807, 2.05) is 0 Å². The van der Waals surface area contributed by atoms with Gasteiger partial charge in [0.2, 0.25) is 10.4 Å². The average molecular weight is 490 g/mol. The summed E-state index contributed by atoms with van der Waals surface area (Å²) >= 11 is 0. The molecule has 2 aromatic carbocycles. The van der Waals surface area contributed by atoms with Gasteiger partial charge in [0.1, 0.15) is 11.4 Å². The van der Waals surface area contributed by atoms with Crippen LogP contribution in [0.1, 0.15) is 22.5 Å². The Hall–Kier alpha value is -4.13. The fourth-order valence-electron chi connectivity index (χ4n) is 2.83. The van der Waals surface area contributed by atoms with Crippen molar-refractivity contribution >= 4 is 34.7 Å². The van der Waals surface area contributed by atoms with E-state index in [2.05, 4.69) is 0 Å². The number of hydrogen-bond acceptors (Lipinski definition) is 8. The van der Waals surface area contributed by atoms with Gasteiger partial charge in [-0.15, -0.1) is 0 Å². The van der Waals surface area contributed by atoms with Crippen molar-refractivity contribution in [1.82, 2.24) is 4.57 Å². The molecule has 0 unspecified atom stereocenters. The predicted molar refractivity (Wildman–Crippen MR) is 123 cm³/mol. The fraction of sp³-hybridized carbons (Fsp3) is 0.0909. The lowest BCUT2D eigenvalue weighted by Crippen LogP contribution is -2.53. The molecule has 12 heteroatoms. The number of phenolic OH excluding ortho intramolecular Hbond substituents is 4. The summed E-state index contributed by atoms with van der Waals surface area (Å²) in [5.74, 6) is -0.936. The van der Waals surface area contributed by atoms with Crippen LogP contribution in [-0.2, 0) is 24.5 Å². The Morgan fingerprint density at radius 1 is 0.882 bits per heavy atom. The zero-order valence-corrected chi connectivity index (χ0v) is 18.8. The maximum atomic E-state index is 12.6. The second-order valence-corrected chi connectivity index (χ2v) is 7.77. The summed E-state index contributed by atoms with van der Waals surface area (Å²) in [5.41, 5.74) is 1.68. The minimum Gasteiger partial charge on any atom is -0.726 e. The molecule has 0 saturated heterocycles. The highest BCUT2D eigenvalue weighted by molar-refractivity contribution is 7.79. The van der Waals surface area contributed by atoms with Gasteiger partial charge < -0.3 is 25.0 Å². The molecular formula is C22H22N2O9S. The van der Waals surface area contributed by atoms with E-state index in [9.17, 15) is 25.2 Å². The molecule has 0 atom stereocenters. The third-order valence-corrected chi connectivity index (χ3v) is 4.60. The molecule has 0 saturated carbocycles. The first-order chi connectivity index (χ1) is 15.8. The molecule has 0 aliphatic rings. The van der Waals surface area contributed by atoms with Gasteiger partial charge in [0.05, 0.1) is 14.1 Å². The molecule has 1 aromatic heterocycles. The van der Waals surface area contributed by atoms with Crippen LogP contribution in [0.3, 0.4) is 0 Å². The summed E-state index contributed by atoms with van der Waals surface area (Å²) in [6, 6.07) is 11.0. The molecule has 3 aromatic rings. The zero-order chi connectivity index (χ0) is 25.6. The Bertz CT molecular complexity index is 1330. The SMILES string of the molecule is Cn1c(C=Cc2cccc(O)c2O)cc(C=Cc2cccc(O)c2O)[n+](C)c1=O.O=S(=O)([O-])O. The molecule has 0 fully saturated rings. The molecule has 0 amide bonds. The fourth-order valence-corrected chi connectivity index (χ4v) is 2.83. The van der Waals surface area contributed by atoms with Crippen LogP contribution >= 0.6 is 0 Å². The van der Waals surface area contributed by atoms with Gasteiger partial charge in [-0.05, 0) is 36.4 Å². The maximum Gasteiger partial charge on any atom is 0.498 e. The monoisotopic (exact) mass is 490 g/mol. The third-order valence-electron chi connectivity index (χ3n) is 4.60. The van der Waals surface area contributed by atoms with E-state index in [0.29, 0.717) is 22.5 Å². The zero-order valence-electron chi connectivity index (χ0n) is 18.0. The largest absolute Gasteiger partial charge is 0.726 e. The smallest absolute Gasteiger partial charge is 0.498 e. The molecule has 0 radical (unpaired) electrons. The lowest BCUT2D eigenvalue weighted by atomic mass is 10.1. The van der Waals surface area contributed by atoms with Crippen molar-refractivity contribution in [3.05, 3.63) is 75.5 Å². The quantitative estimate of drug-likeness (QED) is 0.156. The number of aromatic hydroxyl groups is 4. The first kappa shape index (κ1) is 26.1. The molecule has 34 heavy (non-hydrogen) atoms. The molecule has 0 aliphatic carbocycles. The van der Waals surface area contributed by atoms with E-state index in [0.717, 1.165) is 0 Å². The lowest BCUT2D eigenvalue weighted by molar-refractivity contribution is -0.692. The number of para-hydroxylation sites is 2. The highest BCUT2D eigenvalue weighted by Gasteiger charge is 2.14. The minimum atomic E-state index is -4.92. The lowest BCUT2D eigenvalue weighted by Gasteiger charge is -2.04. The van der Waals surface area contributed by atoms with Crippen molar-refractivity contribution in [3.8, 4) is 23.0 Å². The minimum absolute atomic E-state index is 0.227. The molecule has 0 bridgehead atoms. The second-order valence-electron chi connectivity index (χ2n) is 6.92. The van der Waals surface area contributed by atoms with Gasteiger partial charge in [0, 0.05) is 17.2 Å². The number of hydrogen-bond donors (Lipinski definition) is 5. The van der Waals surface area contributed by atoms with E-state index in [1.165, 1.54) is 21.3 Å². The van der Waals surface area contributed by atoms with E-state index < -0.39 is 10.4 Å². The van der Waals surface area contributed by atoms with Gasteiger partial charge in [0.15, 0.2) is 23.0 Å². The highest BCUT2D eigenvalue weighted by Crippen LogP contribution is 2.30. The topological polar surface area (TPSA) is 184 Å². The molecule has 1 heterocycles. The van der Waals surface area contributed by atoms with E-state index in [1.54, 1.807) is 68.7 Å². The van der Waals surface area contributed by atoms with Crippen molar-refractivity contribution in [1.29, 1.82) is 0 Å². The Morgan fingerprint density at radius 3 is 1.79 bits per heavy atom. The van der Waals surface area contributed by atoms with Gasteiger partial charge in [-0.3, -0.25) is 4.55 Å². The molecule has 180 valence electrons. The van der Waals surface area contributed by atoms with Crippen molar-refractivity contribution in [2.45, 2.75) is 0 Å². The van der Waals surface area contributed by atoms with Gasteiger partial charge in [-0.25, -0.2) is 8.42 Å². The molecule has 11 nitrogen and oxygen atoms in total. The molecule has 3 rings (SSSR count). The Kier molecular flexibility index (Phi) is 8.19. The van der Waals surface area contributed by atoms with Crippen molar-refractivity contribution < 1.29 is 42.5 Å². The first-order valence-corrected chi connectivity index (χ1v) is 10.8. The predicted octanol–water partition coefficient (Wildman–Crippen LogP) is 1.38. The van der Waals surface area contributed by atoms with Crippen molar-refractivity contribution in [2.75, 3.05) is 0 Å². The summed E-state index contributed by atoms with van der Waals surface area (Å²) in [5, 5.41) is 39.1. The van der Waals surface area contributed by atoms with Crippen LogP contribution in [0.25, 0.3) is 24.3 Å². The van der Waals surface area contributed by atoms with Gasteiger partial charge in [-0.2, -0.15) is 13.9 Å². The molecule has 0 spiro atoms. The van der Waals surface area contributed by atoms with Gasteiger partial charge in [0.25, 0.3) is 0 Å². The summed E-state index contributed by atoms with van der Waals surface area (Å²) in [6.45, 7) is 0. The normalized spacial score (nSPS) is 11.5. The molecule has 0 aliphatic heterocycles. The van der Waals surface area contributed by atoms with Crippen molar-refractivity contribution in [3.63, 3.8) is 0 Å². The third kappa shape index (κ3) is 6.93. The van der Waals surface area contributed by atoms with E-state index >= 15 is 0 Å². The summed E-state index contributed by atoms with van der Waals surface area (Å²) in [7, 11) is -1.67. The average Bonchev–Trinajstić information content (AvgIpc) is 2.75. The number of aromatic nitrogens is 2. The van der Waals surface area contributed by atoms with Crippen LogP contribution < -0.4 is 10.3 Å². The second kappa shape index (κ2) is 10.7. The first-order valence-electron chi connectivity index (χ1n) is 9.46. The van der Waals surface area contributed by atoms with Crippen LogP contribution in [-0.4, -0.2) is 42.5 Å². The number of nitrogens with zero attached hydrogens (tertiary/aromatic N) is 2. The van der Waals surface area contributed by atoms with Crippen LogP contribution in [0.2, 0.25) is 0 Å². The summed E-state index contributed by atoms with van der Waals surface area (Å²) in [6.07, 6.45) is 6.49. The van der Waals surface area contributed by atoms with Gasteiger partial charge >= 0.3 is 5.69 Å². The summed E-state index contributed by atoms with van der Waals surface area (Å²) in [4.78, 5) is 12.6. The van der Waals surface area contributed by atoms with Crippen molar-refractivity contribution in [2.24, 2.45) is 14.1 Å². The summed E-state index contributed by atoms with van der Waals surface area (Å²) < 4.78 is 35.7. The maximum absolute atomic E-state index is 12.6. The standard InChI is InChI=1S/C22H20N2O5.H2O4S/c1-23-16(11-9-14-5-3-7-18(25)20(14)27)13-17(24(2)22(23)29)12-10-15-6-4-8-19(26)21(15)28;1-5(2,3)4/h3-13H,1-2H3,(H3,25,26,27,28);(H2,1,2,3,4). The number of rotatable bonds is 4. The van der Waals surface area contributed by atoms with Crippen LogP contribution in [0.5, 0.6) is 23.0 Å². The molecular weight excluding hydrogens is 468 g/mol.